The van der Waals surface area contributed by atoms with Gasteiger partial charge in [0.25, 0.3) is 5.56 Å². The van der Waals surface area contributed by atoms with Crippen molar-refractivity contribution in [3.63, 3.8) is 0 Å². The van der Waals surface area contributed by atoms with Crippen LogP contribution in [-0.2, 0) is 16.1 Å². The fourth-order valence-electron chi connectivity index (χ4n) is 4.96. The fraction of sp³-hybridized carbons (Fsp3) is 0.265. The predicted octanol–water partition coefficient (Wildman–Crippen LogP) is 6.38. The van der Waals surface area contributed by atoms with Gasteiger partial charge in [-0.2, -0.15) is 0 Å². The first-order chi connectivity index (χ1) is 21.7. The van der Waals surface area contributed by atoms with E-state index < -0.39 is 12.0 Å². The van der Waals surface area contributed by atoms with Crippen molar-refractivity contribution >= 4 is 68.6 Å². The van der Waals surface area contributed by atoms with Crippen LogP contribution in [0.5, 0.6) is 17.2 Å². The van der Waals surface area contributed by atoms with E-state index in [4.69, 9.17) is 18.9 Å². The van der Waals surface area contributed by atoms with Gasteiger partial charge < -0.3 is 18.9 Å². The van der Waals surface area contributed by atoms with Crippen molar-refractivity contribution in [2.45, 2.75) is 40.3 Å². The number of rotatable bonds is 11. The number of fused-ring (bicyclic) bond motifs is 1. The molecule has 234 valence electrons. The van der Waals surface area contributed by atoms with E-state index >= 15 is 0 Å². The second-order valence-electron chi connectivity index (χ2n) is 9.98. The van der Waals surface area contributed by atoms with E-state index in [-0.39, 0.29) is 12.2 Å². The van der Waals surface area contributed by atoms with Crippen molar-refractivity contribution in [3.8, 4) is 17.2 Å². The Morgan fingerprint density at radius 1 is 0.911 bits per heavy atom. The van der Waals surface area contributed by atoms with Gasteiger partial charge in [-0.15, -0.1) is 0 Å². The lowest BCUT2D eigenvalue weighted by Gasteiger charge is -2.25. The minimum absolute atomic E-state index is 0.200. The Balaban J connectivity index is 1.52. The lowest BCUT2D eigenvalue weighted by Crippen LogP contribution is -2.40. The average molecular weight is 851 g/mol. The summed E-state index contributed by atoms with van der Waals surface area (Å²) in [6.45, 7) is 8.85. The molecule has 0 saturated heterocycles. The summed E-state index contributed by atoms with van der Waals surface area (Å²) in [7, 11) is 0. The molecule has 0 unspecified atom stereocenters. The van der Waals surface area contributed by atoms with Crippen LogP contribution in [-0.4, -0.2) is 30.4 Å². The first-order valence-electron chi connectivity index (χ1n) is 14.5. The Kier molecular flexibility index (Phi) is 11.0. The number of hydrogen-bond acceptors (Lipinski definition) is 8. The number of benzene rings is 3. The third-order valence-corrected chi connectivity index (χ3v) is 9.46. The molecule has 0 spiro atoms. The third-order valence-electron chi connectivity index (χ3n) is 6.97. The summed E-state index contributed by atoms with van der Waals surface area (Å²) < 4.78 is 27.4. The van der Waals surface area contributed by atoms with E-state index in [0.29, 0.717) is 57.5 Å². The molecule has 1 aliphatic heterocycles. The highest BCUT2D eigenvalue weighted by molar-refractivity contribution is 14.1. The number of allylic oxidation sites excluding steroid dienone is 1. The molecular formula is C34H32I2N2O6S. The molecule has 5 rings (SSSR count). The van der Waals surface area contributed by atoms with Gasteiger partial charge in [0, 0.05) is 3.57 Å². The van der Waals surface area contributed by atoms with Crippen LogP contribution in [0.3, 0.4) is 0 Å². The molecule has 1 atom stereocenters. The molecule has 2 heterocycles. The van der Waals surface area contributed by atoms with Gasteiger partial charge in [-0.25, -0.2) is 9.79 Å². The molecule has 8 nitrogen and oxygen atoms in total. The van der Waals surface area contributed by atoms with E-state index in [1.54, 1.807) is 18.4 Å². The first-order valence-corrected chi connectivity index (χ1v) is 17.5. The standard InChI is InChI=1S/C34H32I2N2O6S/c1-5-41-27-14-12-23(17-28(27)42-6-2)31-30(33(40)43-7-3)20(4)37-34-38(31)32(39)29(45-34)16-21-8-10-22(11-9-21)19-44-26-15-13-24(35)18-25(26)36/h8-18,31H,5-7,19H2,1-4H3/b29-16-/t31-/m0/s1. The van der Waals surface area contributed by atoms with Crippen molar-refractivity contribution in [2.75, 3.05) is 19.8 Å². The second-order valence-corrected chi connectivity index (χ2v) is 13.4. The molecule has 1 aromatic heterocycles. The van der Waals surface area contributed by atoms with E-state index in [1.165, 1.54) is 11.3 Å². The Morgan fingerprint density at radius 2 is 1.62 bits per heavy atom. The predicted molar refractivity (Wildman–Crippen MR) is 192 cm³/mol. The van der Waals surface area contributed by atoms with Crippen LogP contribution >= 0.6 is 56.5 Å². The van der Waals surface area contributed by atoms with Gasteiger partial charge in [-0.1, -0.05) is 41.7 Å². The highest BCUT2D eigenvalue weighted by Gasteiger charge is 2.34. The number of nitrogens with zero attached hydrogens (tertiary/aromatic N) is 2. The van der Waals surface area contributed by atoms with Crippen LogP contribution in [0, 0.1) is 7.14 Å². The molecule has 0 radical (unpaired) electrons. The zero-order chi connectivity index (χ0) is 32.1. The Morgan fingerprint density at radius 3 is 2.31 bits per heavy atom. The van der Waals surface area contributed by atoms with E-state index in [9.17, 15) is 9.59 Å². The van der Waals surface area contributed by atoms with Crippen LogP contribution < -0.4 is 29.1 Å². The van der Waals surface area contributed by atoms with Crippen LogP contribution in [0.4, 0.5) is 0 Å². The number of thiazole rings is 1. The minimum atomic E-state index is -0.749. The maximum absolute atomic E-state index is 14.0. The number of hydrogen-bond donors (Lipinski definition) is 0. The molecule has 0 N–H and O–H groups in total. The Hall–Kier alpha value is -3.17. The van der Waals surface area contributed by atoms with Crippen LogP contribution in [0.25, 0.3) is 6.08 Å². The molecule has 4 aromatic rings. The highest BCUT2D eigenvalue weighted by Crippen LogP contribution is 2.36. The summed E-state index contributed by atoms with van der Waals surface area (Å²) in [6.07, 6.45) is 1.85. The number of aromatic nitrogens is 1. The lowest BCUT2D eigenvalue weighted by atomic mass is 9.95. The summed E-state index contributed by atoms with van der Waals surface area (Å²) in [5.74, 6) is 1.46. The van der Waals surface area contributed by atoms with Crippen LogP contribution in [0.2, 0.25) is 0 Å². The second kappa shape index (κ2) is 14.9. The van der Waals surface area contributed by atoms with E-state index in [2.05, 4.69) is 56.2 Å². The first kappa shape index (κ1) is 33.2. The molecule has 45 heavy (non-hydrogen) atoms. The molecule has 1 aliphatic rings. The van der Waals surface area contributed by atoms with Crippen molar-refractivity contribution in [3.05, 3.63) is 115 Å². The maximum atomic E-state index is 14.0. The monoisotopic (exact) mass is 850 g/mol. The number of halogens is 2. The molecule has 0 saturated carbocycles. The molecule has 11 heteroatoms. The maximum Gasteiger partial charge on any atom is 0.338 e. The Labute approximate surface area is 292 Å². The fourth-order valence-corrected chi connectivity index (χ4v) is 7.76. The summed E-state index contributed by atoms with van der Waals surface area (Å²) in [5, 5.41) is 0. The van der Waals surface area contributed by atoms with Crippen LogP contribution in [0.15, 0.2) is 81.7 Å². The quantitative estimate of drug-likeness (QED) is 0.129. The number of esters is 1. The van der Waals surface area contributed by atoms with Crippen molar-refractivity contribution in [2.24, 2.45) is 4.99 Å². The smallest absolute Gasteiger partial charge is 0.338 e. The molecule has 0 aliphatic carbocycles. The van der Waals surface area contributed by atoms with Gasteiger partial charge in [-0.3, -0.25) is 9.36 Å². The van der Waals surface area contributed by atoms with E-state index in [1.807, 2.05) is 74.5 Å². The van der Waals surface area contributed by atoms with Gasteiger partial charge in [0.15, 0.2) is 16.3 Å². The van der Waals surface area contributed by atoms with Gasteiger partial charge in [0.2, 0.25) is 0 Å². The van der Waals surface area contributed by atoms with Gasteiger partial charge in [-0.05, 0) is 126 Å². The van der Waals surface area contributed by atoms with Crippen molar-refractivity contribution in [1.29, 1.82) is 0 Å². The van der Waals surface area contributed by atoms with E-state index in [0.717, 1.165) is 24.0 Å². The Bertz CT molecular complexity index is 1930. The molecule has 0 amide bonds. The third kappa shape index (κ3) is 7.46. The molecule has 0 bridgehead atoms. The largest absolute Gasteiger partial charge is 0.490 e. The van der Waals surface area contributed by atoms with Gasteiger partial charge in [0.1, 0.15) is 12.4 Å². The van der Waals surface area contributed by atoms with Crippen molar-refractivity contribution in [1.82, 2.24) is 4.57 Å². The zero-order valence-electron chi connectivity index (χ0n) is 25.3. The zero-order valence-corrected chi connectivity index (χ0v) is 30.4. The minimum Gasteiger partial charge on any atom is -0.490 e. The van der Waals surface area contributed by atoms with Gasteiger partial charge >= 0.3 is 5.97 Å². The lowest BCUT2D eigenvalue weighted by molar-refractivity contribution is -0.139. The molecule has 3 aromatic carbocycles. The summed E-state index contributed by atoms with van der Waals surface area (Å²) in [5.41, 5.74) is 3.15. The molecular weight excluding hydrogens is 818 g/mol. The summed E-state index contributed by atoms with van der Waals surface area (Å²) in [6, 6.07) is 18.7. The SMILES string of the molecule is CCOC(=O)C1=C(C)N=c2s/c(=C\c3ccc(COc4ccc(I)cc4I)cc3)c(=O)n2[C@H]1c1ccc(OCC)c(OCC)c1. The highest BCUT2D eigenvalue weighted by atomic mass is 127. The van der Waals surface area contributed by atoms with Crippen molar-refractivity contribution < 1.29 is 23.7 Å². The average Bonchev–Trinajstić information content (AvgIpc) is 3.31. The number of ether oxygens (including phenoxy) is 4. The molecule has 0 fully saturated rings. The topological polar surface area (TPSA) is 88.4 Å². The summed E-state index contributed by atoms with van der Waals surface area (Å²) in [4.78, 5) is 32.5. The normalized spacial score (nSPS) is 14.5. The van der Waals surface area contributed by atoms with Crippen LogP contribution in [0.1, 0.15) is 50.4 Å². The summed E-state index contributed by atoms with van der Waals surface area (Å²) >= 11 is 5.85. The number of carbonyl (C=O) groups is 1. The van der Waals surface area contributed by atoms with Gasteiger partial charge in [0.05, 0.1) is 45.2 Å². The number of carbonyl (C=O) groups excluding carboxylic acids is 1.